The molecule has 10 aromatic rings. The van der Waals surface area contributed by atoms with Crippen molar-refractivity contribution in [2.45, 2.75) is 0 Å². The molecular weight excluding hydrogens is 550 g/mol. The quantitative estimate of drug-likeness (QED) is 0.210. The van der Waals surface area contributed by atoms with Gasteiger partial charge in [0.25, 0.3) is 0 Å². The molecule has 0 fully saturated rings. The maximum Gasteiger partial charge on any atom is 0.143 e. The number of rotatable bonds is 3. The molecule has 45 heavy (non-hydrogen) atoms. The zero-order valence-electron chi connectivity index (χ0n) is 24.2. The lowest BCUT2D eigenvalue weighted by molar-refractivity contribution is 0.669. The van der Waals surface area contributed by atoms with Gasteiger partial charge in [0.15, 0.2) is 0 Å². The van der Waals surface area contributed by atoms with E-state index in [0.717, 1.165) is 66.2 Å². The van der Waals surface area contributed by atoms with Crippen LogP contribution in [0.1, 0.15) is 0 Å². The predicted octanol–water partition coefficient (Wildman–Crippen LogP) is 11.9. The van der Waals surface area contributed by atoms with Gasteiger partial charge in [-0.1, -0.05) is 109 Å². The van der Waals surface area contributed by atoms with Crippen molar-refractivity contribution in [3.63, 3.8) is 0 Å². The van der Waals surface area contributed by atoms with Gasteiger partial charge in [-0.2, -0.15) is 0 Å². The molecule has 0 aliphatic heterocycles. The van der Waals surface area contributed by atoms with Crippen LogP contribution in [0.5, 0.6) is 0 Å². The van der Waals surface area contributed by atoms with Gasteiger partial charge in [0.1, 0.15) is 22.3 Å². The summed E-state index contributed by atoms with van der Waals surface area (Å²) in [5.74, 6) is 0. The summed E-state index contributed by atoms with van der Waals surface area (Å²) in [7, 11) is 0. The number of benzene rings is 7. The number of nitrogens with zero attached hydrogens (tertiary/aromatic N) is 1. The zero-order chi connectivity index (χ0) is 29.5. The van der Waals surface area contributed by atoms with Crippen LogP contribution in [0.15, 0.2) is 160 Å². The van der Waals surface area contributed by atoms with E-state index in [0.29, 0.717) is 0 Å². The van der Waals surface area contributed by atoms with E-state index in [1.165, 1.54) is 27.4 Å². The third-order valence-electron chi connectivity index (χ3n) is 9.23. The van der Waals surface area contributed by atoms with Gasteiger partial charge in [-0.3, -0.25) is 0 Å². The standard InChI is InChI=1S/C42H25NO2/c1-4-13-37-31(8-1)35-24-36-33-10-3-5-14-39(33)44-41(36)25-38(35)43(37)29-22-20-27(21-23-29)26-16-18-28(19-17-26)30-11-7-12-34-32-9-2-6-15-40(32)45-42(30)34/h1-25H. The molecule has 0 saturated carbocycles. The van der Waals surface area contributed by atoms with Crippen LogP contribution in [0, 0.1) is 0 Å². The Morgan fingerprint density at radius 1 is 0.356 bits per heavy atom. The smallest absolute Gasteiger partial charge is 0.143 e. The molecule has 0 aliphatic rings. The third-order valence-corrected chi connectivity index (χ3v) is 9.23. The maximum atomic E-state index is 6.29. The highest BCUT2D eigenvalue weighted by atomic mass is 16.3. The fraction of sp³-hybridized carbons (Fsp3) is 0. The molecule has 7 aromatic carbocycles. The summed E-state index contributed by atoms with van der Waals surface area (Å²) < 4.78 is 14.9. The average Bonchev–Trinajstić information content (AvgIpc) is 3.76. The molecule has 0 amide bonds. The van der Waals surface area contributed by atoms with Gasteiger partial charge < -0.3 is 13.4 Å². The van der Waals surface area contributed by atoms with Crippen molar-refractivity contribution in [1.29, 1.82) is 0 Å². The Balaban J connectivity index is 1.05. The van der Waals surface area contributed by atoms with Gasteiger partial charge in [-0.05, 0) is 53.1 Å². The van der Waals surface area contributed by atoms with E-state index in [2.05, 4.69) is 132 Å². The zero-order valence-corrected chi connectivity index (χ0v) is 24.2. The number of furan rings is 2. The minimum atomic E-state index is 0.905. The molecule has 0 aliphatic carbocycles. The maximum absolute atomic E-state index is 6.29. The van der Waals surface area contributed by atoms with Crippen molar-refractivity contribution < 1.29 is 8.83 Å². The average molecular weight is 576 g/mol. The van der Waals surface area contributed by atoms with Gasteiger partial charge in [0, 0.05) is 49.6 Å². The van der Waals surface area contributed by atoms with Crippen molar-refractivity contribution in [2.75, 3.05) is 0 Å². The largest absolute Gasteiger partial charge is 0.456 e. The van der Waals surface area contributed by atoms with Crippen LogP contribution in [-0.4, -0.2) is 4.57 Å². The van der Waals surface area contributed by atoms with Gasteiger partial charge in [-0.25, -0.2) is 0 Å². The SMILES string of the molecule is c1ccc2c(c1)oc1cc3c(cc12)c1ccccc1n3-c1ccc(-c2ccc(-c3cccc4c3oc3ccccc34)cc2)cc1. The van der Waals surface area contributed by atoms with E-state index >= 15 is 0 Å². The second-order valence-electron chi connectivity index (χ2n) is 11.7. The summed E-state index contributed by atoms with van der Waals surface area (Å²) in [6.07, 6.45) is 0. The summed E-state index contributed by atoms with van der Waals surface area (Å²) in [5, 5.41) is 7.06. The minimum Gasteiger partial charge on any atom is -0.456 e. The summed E-state index contributed by atoms with van der Waals surface area (Å²) in [4.78, 5) is 0. The fourth-order valence-corrected chi connectivity index (χ4v) is 7.09. The van der Waals surface area contributed by atoms with Crippen molar-refractivity contribution >= 4 is 65.7 Å². The summed E-state index contributed by atoms with van der Waals surface area (Å²) in [6, 6.07) is 53.6. The van der Waals surface area contributed by atoms with Gasteiger partial charge in [0.2, 0.25) is 0 Å². The summed E-state index contributed by atoms with van der Waals surface area (Å²) in [5.41, 5.74) is 11.7. The van der Waals surface area contributed by atoms with Crippen molar-refractivity contribution in [1.82, 2.24) is 4.57 Å². The van der Waals surface area contributed by atoms with E-state index in [9.17, 15) is 0 Å². The molecule has 0 unspecified atom stereocenters. The van der Waals surface area contributed by atoms with Crippen LogP contribution in [0.3, 0.4) is 0 Å². The van der Waals surface area contributed by atoms with Crippen molar-refractivity contribution in [2.24, 2.45) is 0 Å². The van der Waals surface area contributed by atoms with E-state index in [1.54, 1.807) is 0 Å². The first-order valence-electron chi connectivity index (χ1n) is 15.3. The lowest BCUT2D eigenvalue weighted by atomic mass is 9.98. The molecule has 0 radical (unpaired) electrons. The molecule has 0 N–H and O–H groups in total. The van der Waals surface area contributed by atoms with Crippen LogP contribution in [0.4, 0.5) is 0 Å². The highest BCUT2D eigenvalue weighted by molar-refractivity contribution is 6.17. The number of aromatic nitrogens is 1. The molecule has 3 heteroatoms. The van der Waals surface area contributed by atoms with Crippen LogP contribution in [-0.2, 0) is 0 Å². The predicted molar refractivity (Wildman–Crippen MR) is 186 cm³/mol. The highest BCUT2D eigenvalue weighted by Crippen LogP contribution is 2.39. The van der Waals surface area contributed by atoms with Crippen LogP contribution in [0.25, 0.3) is 93.6 Å². The van der Waals surface area contributed by atoms with Gasteiger partial charge in [0.05, 0.1) is 11.0 Å². The number of hydrogen-bond acceptors (Lipinski definition) is 2. The fourth-order valence-electron chi connectivity index (χ4n) is 7.09. The lowest BCUT2D eigenvalue weighted by Crippen LogP contribution is -1.93. The minimum absolute atomic E-state index is 0.905. The lowest BCUT2D eigenvalue weighted by Gasteiger charge is -2.10. The molecule has 10 rings (SSSR count). The van der Waals surface area contributed by atoms with Crippen LogP contribution < -0.4 is 0 Å². The van der Waals surface area contributed by atoms with E-state index in [-0.39, 0.29) is 0 Å². The molecule has 0 bridgehead atoms. The van der Waals surface area contributed by atoms with E-state index < -0.39 is 0 Å². The molecule has 3 heterocycles. The summed E-state index contributed by atoms with van der Waals surface area (Å²) >= 11 is 0. The number of para-hydroxylation sites is 4. The number of fused-ring (bicyclic) bond motifs is 9. The van der Waals surface area contributed by atoms with E-state index in [1.807, 2.05) is 24.3 Å². The Morgan fingerprint density at radius 3 is 1.73 bits per heavy atom. The monoisotopic (exact) mass is 575 g/mol. The van der Waals surface area contributed by atoms with Crippen molar-refractivity contribution in [3.8, 4) is 27.9 Å². The Kier molecular flexibility index (Phi) is 5.00. The first-order valence-corrected chi connectivity index (χ1v) is 15.3. The van der Waals surface area contributed by atoms with Gasteiger partial charge >= 0.3 is 0 Å². The Bertz CT molecular complexity index is 2740. The first-order chi connectivity index (χ1) is 22.3. The second kappa shape index (κ2) is 9.22. The summed E-state index contributed by atoms with van der Waals surface area (Å²) in [6.45, 7) is 0. The molecule has 0 spiro atoms. The highest BCUT2D eigenvalue weighted by Gasteiger charge is 2.16. The molecule has 0 atom stereocenters. The Labute approximate surface area is 258 Å². The molecule has 0 saturated heterocycles. The second-order valence-corrected chi connectivity index (χ2v) is 11.7. The van der Waals surface area contributed by atoms with Crippen molar-refractivity contribution in [3.05, 3.63) is 152 Å². The number of hydrogen-bond donors (Lipinski definition) is 0. The third kappa shape index (κ3) is 3.58. The molecule has 210 valence electrons. The van der Waals surface area contributed by atoms with Crippen LogP contribution >= 0.6 is 0 Å². The van der Waals surface area contributed by atoms with Gasteiger partial charge in [-0.15, -0.1) is 0 Å². The molecular formula is C42H25NO2. The topological polar surface area (TPSA) is 31.2 Å². The first kappa shape index (κ1) is 24.4. The van der Waals surface area contributed by atoms with Crippen LogP contribution in [0.2, 0.25) is 0 Å². The Hall–Kier alpha value is -6.06. The molecule has 3 aromatic heterocycles. The van der Waals surface area contributed by atoms with E-state index in [4.69, 9.17) is 8.83 Å². The Morgan fingerprint density at radius 2 is 0.956 bits per heavy atom. The normalized spacial score (nSPS) is 12.0. The molecule has 3 nitrogen and oxygen atoms in total.